The highest BCUT2D eigenvalue weighted by Crippen LogP contribution is 1.82. The van der Waals surface area contributed by atoms with E-state index in [2.05, 4.69) is 4.99 Å². The van der Waals surface area contributed by atoms with Crippen molar-refractivity contribution in [2.45, 2.75) is 20.3 Å². The van der Waals surface area contributed by atoms with Crippen molar-refractivity contribution in [3.05, 3.63) is 12.2 Å². The Hall–Kier alpha value is -0.920. The average Bonchev–Trinajstić information content (AvgIpc) is 1.98. The Bertz CT molecular complexity index is 147. The highest BCUT2D eigenvalue weighted by atomic mass is 16.1. The summed E-state index contributed by atoms with van der Waals surface area (Å²) < 4.78 is 0. The molecular weight excluding hydrogens is 126 g/mol. The normalized spacial score (nSPS) is 12.4. The van der Waals surface area contributed by atoms with Gasteiger partial charge in [-0.25, -0.2) is 0 Å². The van der Waals surface area contributed by atoms with E-state index in [1.165, 1.54) is 0 Å². The first-order valence-corrected chi connectivity index (χ1v) is 3.51. The molecule has 0 aliphatic carbocycles. The zero-order valence-electron chi connectivity index (χ0n) is 6.50. The van der Waals surface area contributed by atoms with E-state index in [1.807, 2.05) is 19.9 Å². The van der Waals surface area contributed by atoms with Crippen LogP contribution < -0.4 is 0 Å². The molecule has 0 unspecified atom stereocenters. The van der Waals surface area contributed by atoms with Gasteiger partial charge in [0.2, 0.25) is 0 Å². The van der Waals surface area contributed by atoms with E-state index in [1.54, 1.807) is 6.08 Å². The van der Waals surface area contributed by atoms with Gasteiger partial charge < -0.3 is 0 Å². The molecule has 0 aliphatic rings. The van der Waals surface area contributed by atoms with Crippen LogP contribution in [0.1, 0.15) is 20.3 Å². The number of nitrogens with zero attached hydrogens (tertiary/aromatic N) is 1. The molecule has 0 aromatic rings. The summed E-state index contributed by atoms with van der Waals surface area (Å²) in [5.74, 6) is 0. The van der Waals surface area contributed by atoms with Gasteiger partial charge in [0, 0.05) is 6.54 Å². The Morgan fingerprint density at radius 3 is 2.60 bits per heavy atom. The van der Waals surface area contributed by atoms with Gasteiger partial charge >= 0.3 is 0 Å². The summed E-state index contributed by atoms with van der Waals surface area (Å²) in [5.41, 5.74) is 0.532. The van der Waals surface area contributed by atoms with Gasteiger partial charge in [-0.05, 0) is 19.4 Å². The molecule has 56 valence electrons. The lowest BCUT2D eigenvalue weighted by atomic mass is 10.3. The summed E-state index contributed by atoms with van der Waals surface area (Å²) in [6.07, 6.45) is 5.38. The number of hydrogen-bond acceptors (Lipinski definition) is 2. The van der Waals surface area contributed by atoms with Gasteiger partial charge in [-0.2, -0.15) is 0 Å². The van der Waals surface area contributed by atoms with Gasteiger partial charge in [-0.3, -0.25) is 9.79 Å². The fourth-order valence-electron chi connectivity index (χ4n) is 0.550. The SMILES string of the molecule is CC/C=C\C(C=O)=NCC. The zero-order valence-corrected chi connectivity index (χ0v) is 6.50. The van der Waals surface area contributed by atoms with E-state index < -0.39 is 0 Å². The number of aliphatic imine (C=N–C) groups is 1. The van der Waals surface area contributed by atoms with Gasteiger partial charge in [0.15, 0.2) is 6.29 Å². The largest absolute Gasteiger partial charge is 0.296 e. The third kappa shape index (κ3) is 4.01. The minimum atomic E-state index is 0.532. The summed E-state index contributed by atoms with van der Waals surface area (Å²) in [6.45, 7) is 4.59. The van der Waals surface area contributed by atoms with E-state index in [4.69, 9.17) is 0 Å². The van der Waals surface area contributed by atoms with Gasteiger partial charge in [0.05, 0.1) is 5.71 Å². The summed E-state index contributed by atoms with van der Waals surface area (Å²) in [6, 6.07) is 0. The molecule has 0 radical (unpaired) electrons. The lowest BCUT2D eigenvalue weighted by Gasteiger charge is -1.86. The van der Waals surface area contributed by atoms with E-state index in [9.17, 15) is 4.79 Å². The molecule has 0 rings (SSSR count). The van der Waals surface area contributed by atoms with Gasteiger partial charge in [0.1, 0.15) is 0 Å². The van der Waals surface area contributed by atoms with Crippen LogP contribution in [0.15, 0.2) is 17.1 Å². The molecule has 0 N–H and O–H groups in total. The van der Waals surface area contributed by atoms with Crippen molar-refractivity contribution in [1.29, 1.82) is 0 Å². The van der Waals surface area contributed by atoms with E-state index in [0.717, 1.165) is 12.7 Å². The van der Waals surface area contributed by atoms with Crippen LogP contribution in [0.3, 0.4) is 0 Å². The van der Waals surface area contributed by atoms with Crippen molar-refractivity contribution in [3.63, 3.8) is 0 Å². The molecule has 10 heavy (non-hydrogen) atoms. The van der Waals surface area contributed by atoms with Gasteiger partial charge in [-0.1, -0.05) is 13.0 Å². The Labute approximate surface area is 61.7 Å². The standard InChI is InChI=1S/C8H13NO/c1-3-5-6-8(7-10)9-4-2/h5-7H,3-4H2,1-2H3/b6-5-,9-8?. The van der Waals surface area contributed by atoms with Crippen LogP contribution in [0.2, 0.25) is 0 Å². The monoisotopic (exact) mass is 139 g/mol. The number of carbonyl (C=O) groups excluding carboxylic acids is 1. The molecule has 0 bridgehead atoms. The molecule has 0 aromatic carbocycles. The maximum Gasteiger partial charge on any atom is 0.167 e. The molecule has 0 aliphatic heterocycles. The molecule has 0 fully saturated rings. The maximum absolute atomic E-state index is 10.2. The molecule has 2 nitrogen and oxygen atoms in total. The van der Waals surface area contributed by atoms with Crippen molar-refractivity contribution in [3.8, 4) is 0 Å². The molecule has 0 spiro atoms. The Morgan fingerprint density at radius 2 is 2.20 bits per heavy atom. The summed E-state index contributed by atoms with van der Waals surface area (Å²) in [4.78, 5) is 14.2. The highest BCUT2D eigenvalue weighted by Gasteiger charge is 1.85. The smallest absolute Gasteiger partial charge is 0.167 e. The molecule has 0 saturated carbocycles. The predicted octanol–water partition coefficient (Wildman–Crippen LogP) is 1.61. The summed E-state index contributed by atoms with van der Waals surface area (Å²) in [5, 5.41) is 0. The molecule has 0 atom stereocenters. The van der Waals surface area contributed by atoms with Crippen molar-refractivity contribution in [1.82, 2.24) is 0 Å². The molecule has 0 heterocycles. The second-order valence-corrected chi connectivity index (χ2v) is 1.83. The van der Waals surface area contributed by atoms with Crippen LogP contribution in [-0.2, 0) is 4.79 Å². The van der Waals surface area contributed by atoms with Crippen LogP contribution in [-0.4, -0.2) is 18.5 Å². The predicted molar refractivity (Wildman–Crippen MR) is 43.5 cm³/mol. The first kappa shape index (κ1) is 9.08. The average molecular weight is 139 g/mol. The first-order chi connectivity index (χ1) is 4.85. The van der Waals surface area contributed by atoms with Crippen LogP contribution in [0, 0.1) is 0 Å². The summed E-state index contributed by atoms with van der Waals surface area (Å²) in [7, 11) is 0. The number of aldehydes is 1. The summed E-state index contributed by atoms with van der Waals surface area (Å²) >= 11 is 0. The third-order valence-electron chi connectivity index (χ3n) is 0.986. The third-order valence-corrected chi connectivity index (χ3v) is 0.986. The quantitative estimate of drug-likeness (QED) is 0.430. The fraction of sp³-hybridized carbons (Fsp3) is 0.500. The van der Waals surface area contributed by atoms with Crippen molar-refractivity contribution in [2.24, 2.45) is 4.99 Å². The van der Waals surface area contributed by atoms with Crippen LogP contribution >= 0.6 is 0 Å². The number of allylic oxidation sites excluding steroid dienone is 2. The van der Waals surface area contributed by atoms with Crippen molar-refractivity contribution in [2.75, 3.05) is 6.54 Å². The van der Waals surface area contributed by atoms with Crippen LogP contribution in [0.5, 0.6) is 0 Å². The number of carbonyl (C=O) groups is 1. The molecule has 2 heteroatoms. The second-order valence-electron chi connectivity index (χ2n) is 1.83. The Balaban J connectivity index is 3.94. The van der Waals surface area contributed by atoms with Crippen LogP contribution in [0.25, 0.3) is 0 Å². The minimum Gasteiger partial charge on any atom is -0.296 e. The fourth-order valence-corrected chi connectivity index (χ4v) is 0.550. The first-order valence-electron chi connectivity index (χ1n) is 3.51. The van der Waals surface area contributed by atoms with Crippen molar-refractivity contribution < 1.29 is 4.79 Å². The molecule has 0 amide bonds. The number of hydrogen-bond donors (Lipinski definition) is 0. The molecule has 0 aromatic heterocycles. The molecular formula is C8H13NO. The number of rotatable bonds is 4. The van der Waals surface area contributed by atoms with E-state index in [0.29, 0.717) is 12.3 Å². The second kappa shape index (κ2) is 6.20. The van der Waals surface area contributed by atoms with Crippen molar-refractivity contribution >= 4 is 12.0 Å². The lowest BCUT2D eigenvalue weighted by Crippen LogP contribution is -1.94. The zero-order chi connectivity index (χ0) is 7.82. The maximum atomic E-state index is 10.2. The van der Waals surface area contributed by atoms with Gasteiger partial charge in [0.25, 0.3) is 0 Å². The van der Waals surface area contributed by atoms with E-state index >= 15 is 0 Å². The topological polar surface area (TPSA) is 29.4 Å². The van der Waals surface area contributed by atoms with Crippen LogP contribution in [0.4, 0.5) is 0 Å². The lowest BCUT2D eigenvalue weighted by molar-refractivity contribution is -0.102. The highest BCUT2D eigenvalue weighted by molar-refractivity contribution is 6.33. The minimum absolute atomic E-state index is 0.532. The van der Waals surface area contributed by atoms with Gasteiger partial charge in [-0.15, -0.1) is 0 Å². The Morgan fingerprint density at radius 1 is 1.50 bits per heavy atom. The van der Waals surface area contributed by atoms with E-state index in [-0.39, 0.29) is 0 Å². The molecule has 0 saturated heterocycles. The Kier molecular flexibility index (Phi) is 5.63.